The number of fused-ring (bicyclic) bond motifs is 1. The Morgan fingerprint density at radius 3 is 2.81 bits per heavy atom. The lowest BCUT2D eigenvalue weighted by Gasteiger charge is -2.11. The molecule has 0 unspecified atom stereocenters. The second kappa shape index (κ2) is 9.09. The van der Waals surface area contributed by atoms with Crippen LogP contribution in [0.1, 0.15) is 20.3 Å². The fourth-order valence-corrected chi connectivity index (χ4v) is 3.36. The highest BCUT2D eigenvalue weighted by Crippen LogP contribution is 2.32. The molecule has 9 nitrogen and oxygen atoms in total. The summed E-state index contributed by atoms with van der Waals surface area (Å²) in [5, 5.41) is 15.8. The minimum atomic E-state index is 0.0186. The Hall–Kier alpha value is -3.88. The SMILES string of the molecule is COc1cc(-c2nc(Nc3ccc4[nH]ncc4c3)n(C)n2)ccc1OCC(=O)CC(C)C. The van der Waals surface area contributed by atoms with Crippen LogP contribution in [0.4, 0.5) is 11.6 Å². The maximum absolute atomic E-state index is 12.0. The molecule has 9 heteroatoms. The molecular formula is C23H26N6O3. The van der Waals surface area contributed by atoms with E-state index in [0.717, 1.165) is 22.2 Å². The third-order valence-corrected chi connectivity index (χ3v) is 4.91. The second-order valence-corrected chi connectivity index (χ2v) is 7.97. The van der Waals surface area contributed by atoms with Crippen LogP contribution in [0.15, 0.2) is 42.6 Å². The summed E-state index contributed by atoms with van der Waals surface area (Å²) in [5.74, 6) is 2.53. The van der Waals surface area contributed by atoms with E-state index < -0.39 is 0 Å². The number of nitrogens with one attached hydrogen (secondary N) is 2. The van der Waals surface area contributed by atoms with E-state index in [4.69, 9.17) is 9.47 Å². The van der Waals surface area contributed by atoms with Crippen molar-refractivity contribution < 1.29 is 14.3 Å². The number of hydrogen-bond donors (Lipinski definition) is 2. The number of aromatic nitrogens is 5. The number of nitrogens with zero attached hydrogens (tertiary/aromatic N) is 4. The Morgan fingerprint density at radius 2 is 2.03 bits per heavy atom. The average Bonchev–Trinajstić information content (AvgIpc) is 3.38. The third-order valence-electron chi connectivity index (χ3n) is 4.91. The maximum Gasteiger partial charge on any atom is 0.225 e. The van der Waals surface area contributed by atoms with Gasteiger partial charge in [-0.1, -0.05) is 13.8 Å². The molecule has 0 amide bonds. The molecule has 0 aliphatic heterocycles. The van der Waals surface area contributed by atoms with Crippen LogP contribution in [0.5, 0.6) is 11.5 Å². The fourth-order valence-electron chi connectivity index (χ4n) is 3.36. The van der Waals surface area contributed by atoms with Gasteiger partial charge in [0.15, 0.2) is 23.1 Å². The van der Waals surface area contributed by atoms with Crippen LogP contribution >= 0.6 is 0 Å². The number of anilines is 2. The maximum atomic E-state index is 12.0. The van der Waals surface area contributed by atoms with Crippen LogP contribution in [0.25, 0.3) is 22.3 Å². The minimum Gasteiger partial charge on any atom is -0.493 e. The quantitative estimate of drug-likeness (QED) is 0.408. The van der Waals surface area contributed by atoms with E-state index in [1.807, 2.05) is 45.2 Å². The number of methoxy groups -OCH3 is 1. The Balaban J connectivity index is 1.51. The number of aromatic amines is 1. The van der Waals surface area contributed by atoms with Gasteiger partial charge >= 0.3 is 0 Å². The summed E-state index contributed by atoms with van der Waals surface area (Å²) >= 11 is 0. The summed E-state index contributed by atoms with van der Waals surface area (Å²) in [5.41, 5.74) is 2.62. The van der Waals surface area contributed by atoms with Gasteiger partial charge in [0.2, 0.25) is 5.95 Å². The van der Waals surface area contributed by atoms with Gasteiger partial charge in [-0.25, -0.2) is 4.68 Å². The van der Waals surface area contributed by atoms with Gasteiger partial charge in [0.25, 0.3) is 0 Å². The van der Waals surface area contributed by atoms with Crippen molar-refractivity contribution >= 4 is 28.3 Å². The molecule has 0 radical (unpaired) electrons. The third kappa shape index (κ3) is 4.72. The smallest absolute Gasteiger partial charge is 0.225 e. The van der Waals surface area contributed by atoms with Crippen molar-refractivity contribution in [2.24, 2.45) is 13.0 Å². The number of Topliss-reactive ketones (excluding diaryl/α,β-unsaturated/α-hetero) is 1. The van der Waals surface area contributed by atoms with Gasteiger partial charge < -0.3 is 14.8 Å². The Bertz CT molecular complexity index is 1240. The Labute approximate surface area is 185 Å². The van der Waals surface area contributed by atoms with Gasteiger partial charge in [0, 0.05) is 30.1 Å². The number of hydrogen-bond acceptors (Lipinski definition) is 7. The van der Waals surface area contributed by atoms with E-state index in [-0.39, 0.29) is 12.4 Å². The summed E-state index contributed by atoms with van der Waals surface area (Å²) in [6.07, 6.45) is 2.26. The lowest BCUT2D eigenvalue weighted by atomic mass is 10.1. The van der Waals surface area contributed by atoms with E-state index in [0.29, 0.717) is 35.6 Å². The van der Waals surface area contributed by atoms with Crippen molar-refractivity contribution in [2.45, 2.75) is 20.3 Å². The highest BCUT2D eigenvalue weighted by atomic mass is 16.5. The first-order valence-corrected chi connectivity index (χ1v) is 10.4. The highest BCUT2D eigenvalue weighted by Gasteiger charge is 2.14. The van der Waals surface area contributed by atoms with Crippen molar-refractivity contribution in [3.63, 3.8) is 0 Å². The van der Waals surface area contributed by atoms with Crippen LogP contribution < -0.4 is 14.8 Å². The van der Waals surface area contributed by atoms with E-state index in [1.54, 1.807) is 30.1 Å². The summed E-state index contributed by atoms with van der Waals surface area (Å²) in [6.45, 7) is 4.03. The van der Waals surface area contributed by atoms with Crippen LogP contribution in [-0.4, -0.2) is 44.5 Å². The second-order valence-electron chi connectivity index (χ2n) is 7.97. The van der Waals surface area contributed by atoms with Crippen molar-refractivity contribution in [1.82, 2.24) is 25.0 Å². The Kier molecular flexibility index (Phi) is 6.07. The number of H-pyrrole nitrogens is 1. The summed E-state index contributed by atoms with van der Waals surface area (Å²) in [7, 11) is 3.39. The van der Waals surface area contributed by atoms with Gasteiger partial charge in [0.1, 0.15) is 6.61 Å². The summed E-state index contributed by atoms with van der Waals surface area (Å²) < 4.78 is 12.8. The molecule has 0 aliphatic carbocycles. The molecule has 0 bridgehead atoms. The van der Waals surface area contributed by atoms with Crippen molar-refractivity contribution in [2.75, 3.05) is 19.0 Å². The monoisotopic (exact) mass is 434 g/mol. The average molecular weight is 435 g/mol. The number of carbonyl (C=O) groups excluding carboxylic acids is 1. The molecule has 2 heterocycles. The van der Waals surface area contributed by atoms with E-state index in [9.17, 15) is 4.79 Å². The van der Waals surface area contributed by atoms with Crippen LogP contribution in [0.3, 0.4) is 0 Å². The molecule has 4 aromatic rings. The molecule has 2 aromatic carbocycles. The van der Waals surface area contributed by atoms with Gasteiger partial charge in [-0.3, -0.25) is 9.89 Å². The molecule has 166 valence electrons. The molecule has 0 aliphatic rings. The molecule has 2 aromatic heterocycles. The Morgan fingerprint density at radius 1 is 1.19 bits per heavy atom. The van der Waals surface area contributed by atoms with Gasteiger partial charge in [-0.2, -0.15) is 10.1 Å². The first kappa shape index (κ1) is 21.4. The zero-order valence-corrected chi connectivity index (χ0v) is 18.5. The molecule has 0 saturated heterocycles. The van der Waals surface area contributed by atoms with Crippen LogP contribution in [0.2, 0.25) is 0 Å². The molecule has 32 heavy (non-hydrogen) atoms. The lowest BCUT2D eigenvalue weighted by Crippen LogP contribution is -2.13. The number of ketones is 1. The number of carbonyl (C=O) groups is 1. The summed E-state index contributed by atoms with van der Waals surface area (Å²) in [6, 6.07) is 11.3. The fraction of sp³-hybridized carbons (Fsp3) is 0.304. The molecule has 2 N–H and O–H groups in total. The number of benzene rings is 2. The van der Waals surface area contributed by atoms with E-state index in [2.05, 4.69) is 25.6 Å². The zero-order chi connectivity index (χ0) is 22.7. The normalized spacial score (nSPS) is 11.2. The van der Waals surface area contributed by atoms with Crippen molar-refractivity contribution in [3.05, 3.63) is 42.6 Å². The number of aryl methyl sites for hydroxylation is 1. The largest absolute Gasteiger partial charge is 0.493 e. The van der Waals surface area contributed by atoms with Crippen molar-refractivity contribution in [3.8, 4) is 22.9 Å². The lowest BCUT2D eigenvalue weighted by molar-refractivity contribution is -0.121. The number of ether oxygens (including phenoxy) is 2. The standard InChI is InChI=1S/C23H26N6O3/c1-14(2)9-18(30)13-32-20-8-5-15(11-21(20)31-4)22-26-23(29(3)28-22)25-17-6-7-19-16(10-17)12-24-27-19/h5-8,10-12,14H,9,13H2,1-4H3,(H,24,27)(H,25,26,28). The van der Waals surface area contributed by atoms with Crippen molar-refractivity contribution in [1.29, 1.82) is 0 Å². The first-order valence-electron chi connectivity index (χ1n) is 10.4. The van der Waals surface area contributed by atoms with Crippen LogP contribution in [-0.2, 0) is 11.8 Å². The first-order chi connectivity index (χ1) is 15.4. The molecule has 0 spiro atoms. The van der Waals surface area contributed by atoms with Crippen LogP contribution in [0, 0.1) is 5.92 Å². The molecule has 0 saturated carbocycles. The van der Waals surface area contributed by atoms with E-state index in [1.165, 1.54) is 0 Å². The minimum absolute atomic E-state index is 0.0186. The highest BCUT2D eigenvalue weighted by molar-refractivity contribution is 5.82. The number of rotatable bonds is 9. The van der Waals surface area contributed by atoms with Gasteiger partial charge in [-0.05, 0) is 42.3 Å². The van der Waals surface area contributed by atoms with Gasteiger partial charge in [-0.15, -0.1) is 5.10 Å². The molecule has 0 fully saturated rings. The topological polar surface area (TPSA) is 107 Å². The van der Waals surface area contributed by atoms with Gasteiger partial charge in [0.05, 0.1) is 18.8 Å². The van der Waals surface area contributed by atoms with E-state index >= 15 is 0 Å². The molecular weight excluding hydrogens is 408 g/mol. The molecule has 0 atom stereocenters. The molecule has 4 rings (SSSR count). The summed E-state index contributed by atoms with van der Waals surface area (Å²) in [4.78, 5) is 16.6. The predicted molar refractivity (Wildman–Crippen MR) is 122 cm³/mol. The predicted octanol–water partition coefficient (Wildman–Crippen LogP) is 4.10. The zero-order valence-electron chi connectivity index (χ0n) is 18.5.